The van der Waals surface area contributed by atoms with Crippen molar-refractivity contribution in [3.05, 3.63) is 23.8 Å². The Morgan fingerprint density at radius 1 is 1.50 bits per heavy atom. The number of benzene rings is 1. The summed E-state index contributed by atoms with van der Waals surface area (Å²) in [5.41, 5.74) is 4.12. The van der Waals surface area contributed by atoms with Gasteiger partial charge in [0.05, 0.1) is 11.3 Å². The van der Waals surface area contributed by atoms with Crippen LogP contribution >= 0.6 is 0 Å². The molecule has 0 fully saturated rings. The fourth-order valence-corrected chi connectivity index (χ4v) is 1.61. The molecule has 0 spiro atoms. The summed E-state index contributed by atoms with van der Waals surface area (Å²) < 4.78 is 5.52. The molecule has 5 heteroatoms. The Morgan fingerprint density at radius 3 is 3.06 bits per heavy atom. The number of fused-ring (bicyclic) bond motifs is 1. The van der Waals surface area contributed by atoms with Crippen molar-refractivity contribution in [2.24, 2.45) is 0 Å². The van der Waals surface area contributed by atoms with E-state index < -0.39 is 0 Å². The van der Waals surface area contributed by atoms with Crippen molar-refractivity contribution in [1.82, 2.24) is 10.4 Å². The SMILES string of the molecule is CN(C)NC(=O)c1cccc2c1OCCN2. The number of carbonyl (C=O) groups is 1. The van der Waals surface area contributed by atoms with Gasteiger partial charge in [-0.2, -0.15) is 0 Å². The molecule has 0 atom stereocenters. The Kier molecular flexibility index (Phi) is 2.96. The van der Waals surface area contributed by atoms with E-state index >= 15 is 0 Å². The first-order valence-electron chi connectivity index (χ1n) is 5.16. The van der Waals surface area contributed by atoms with E-state index in [1.807, 2.05) is 12.1 Å². The van der Waals surface area contributed by atoms with Crippen LogP contribution in [0.3, 0.4) is 0 Å². The highest BCUT2D eigenvalue weighted by Crippen LogP contribution is 2.30. The molecule has 1 aromatic rings. The Labute approximate surface area is 94.4 Å². The summed E-state index contributed by atoms with van der Waals surface area (Å²) >= 11 is 0. The number of nitrogens with one attached hydrogen (secondary N) is 2. The minimum absolute atomic E-state index is 0.162. The average Bonchev–Trinajstić information content (AvgIpc) is 2.27. The second-order valence-corrected chi connectivity index (χ2v) is 3.79. The molecule has 1 heterocycles. The van der Waals surface area contributed by atoms with Crippen LogP contribution in [-0.2, 0) is 0 Å². The largest absolute Gasteiger partial charge is 0.489 e. The fraction of sp³-hybridized carbons (Fsp3) is 0.364. The number of rotatable bonds is 2. The van der Waals surface area contributed by atoms with Crippen LogP contribution in [0.25, 0.3) is 0 Å². The number of hydrogen-bond acceptors (Lipinski definition) is 4. The summed E-state index contributed by atoms with van der Waals surface area (Å²) in [5.74, 6) is 0.471. The van der Waals surface area contributed by atoms with Crippen molar-refractivity contribution in [2.45, 2.75) is 0 Å². The van der Waals surface area contributed by atoms with Gasteiger partial charge in [-0.1, -0.05) is 6.07 Å². The standard InChI is InChI=1S/C11H15N3O2/c1-14(2)13-11(15)8-4-3-5-9-10(8)16-7-6-12-9/h3-5,12H,6-7H2,1-2H3,(H,13,15). The van der Waals surface area contributed by atoms with E-state index in [0.717, 1.165) is 12.2 Å². The summed E-state index contributed by atoms with van der Waals surface area (Å²) in [6.07, 6.45) is 0. The number of anilines is 1. The molecule has 1 amide bonds. The average molecular weight is 221 g/mol. The molecule has 1 aromatic carbocycles. The summed E-state index contributed by atoms with van der Waals surface area (Å²) in [6, 6.07) is 5.50. The van der Waals surface area contributed by atoms with Crippen LogP contribution in [0.15, 0.2) is 18.2 Å². The second-order valence-electron chi connectivity index (χ2n) is 3.79. The van der Waals surface area contributed by atoms with Gasteiger partial charge in [0.2, 0.25) is 0 Å². The van der Waals surface area contributed by atoms with Crippen molar-refractivity contribution in [2.75, 3.05) is 32.6 Å². The van der Waals surface area contributed by atoms with Crippen molar-refractivity contribution in [3.63, 3.8) is 0 Å². The summed E-state index contributed by atoms with van der Waals surface area (Å²) in [6.45, 7) is 1.35. The van der Waals surface area contributed by atoms with E-state index in [4.69, 9.17) is 4.74 Å². The summed E-state index contributed by atoms with van der Waals surface area (Å²) in [7, 11) is 3.54. The molecule has 0 aromatic heterocycles. The van der Waals surface area contributed by atoms with Gasteiger partial charge in [-0.05, 0) is 12.1 Å². The molecule has 16 heavy (non-hydrogen) atoms. The minimum Gasteiger partial charge on any atom is -0.489 e. The van der Waals surface area contributed by atoms with E-state index in [-0.39, 0.29) is 5.91 Å². The molecule has 0 saturated heterocycles. The molecular formula is C11H15N3O2. The number of nitrogens with zero attached hydrogens (tertiary/aromatic N) is 1. The van der Waals surface area contributed by atoms with Crippen LogP contribution in [0.5, 0.6) is 5.75 Å². The van der Waals surface area contributed by atoms with E-state index in [1.165, 1.54) is 0 Å². The summed E-state index contributed by atoms with van der Waals surface area (Å²) in [4.78, 5) is 11.9. The maximum Gasteiger partial charge on any atom is 0.269 e. The lowest BCUT2D eigenvalue weighted by Gasteiger charge is -2.22. The first-order valence-corrected chi connectivity index (χ1v) is 5.16. The normalized spacial score (nSPS) is 13.7. The minimum atomic E-state index is -0.162. The van der Waals surface area contributed by atoms with Crippen molar-refractivity contribution in [1.29, 1.82) is 0 Å². The first-order chi connectivity index (χ1) is 7.68. The van der Waals surface area contributed by atoms with Crippen LogP contribution in [-0.4, -0.2) is 38.2 Å². The number of hydrazine groups is 1. The second kappa shape index (κ2) is 4.40. The van der Waals surface area contributed by atoms with Gasteiger partial charge in [0.25, 0.3) is 5.91 Å². The molecule has 0 radical (unpaired) electrons. The predicted octanol–water partition coefficient (Wildman–Crippen LogP) is 0.697. The van der Waals surface area contributed by atoms with Crippen LogP contribution in [0, 0.1) is 0 Å². The van der Waals surface area contributed by atoms with Crippen LogP contribution in [0.4, 0.5) is 5.69 Å². The van der Waals surface area contributed by atoms with Crippen LogP contribution in [0.2, 0.25) is 0 Å². The zero-order chi connectivity index (χ0) is 11.5. The molecule has 0 unspecified atom stereocenters. The first kappa shape index (κ1) is 10.8. The third-order valence-electron chi connectivity index (χ3n) is 2.25. The van der Waals surface area contributed by atoms with Gasteiger partial charge in [0, 0.05) is 20.6 Å². The number of carbonyl (C=O) groups excluding carboxylic acids is 1. The lowest BCUT2D eigenvalue weighted by Crippen LogP contribution is -2.36. The maximum atomic E-state index is 11.9. The van der Waals surface area contributed by atoms with E-state index in [2.05, 4.69) is 10.7 Å². The van der Waals surface area contributed by atoms with Gasteiger partial charge in [0.15, 0.2) is 5.75 Å². The number of para-hydroxylation sites is 1. The van der Waals surface area contributed by atoms with E-state index in [1.54, 1.807) is 25.2 Å². The van der Waals surface area contributed by atoms with Gasteiger partial charge < -0.3 is 10.1 Å². The molecule has 86 valence electrons. The predicted molar refractivity (Wildman–Crippen MR) is 61.6 cm³/mol. The molecule has 5 nitrogen and oxygen atoms in total. The highest BCUT2D eigenvalue weighted by molar-refractivity contribution is 5.98. The quantitative estimate of drug-likeness (QED) is 0.722. The molecule has 0 aliphatic carbocycles. The van der Waals surface area contributed by atoms with Gasteiger partial charge in [-0.25, -0.2) is 5.01 Å². The highest BCUT2D eigenvalue weighted by Gasteiger charge is 2.18. The Balaban J connectivity index is 2.30. The molecule has 0 bridgehead atoms. The lowest BCUT2D eigenvalue weighted by atomic mass is 10.1. The van der Waals surface area contributed by atoms with Crippen molar-refractivity contribution in [3.8, 4) is 5.75 Å². The molecule has 2 N–H and O–H groups in total. The summed E-state index contributed by atoms with van der Waals surface area (Å²) in [5, 5.41) is 4.80. The topological polar surface area (TPSA) is 53.6 Å². The Morgan fingerprint density at radius 2 is 2.31 bits per heavy atom. The smallest absolute Gasteiger partial charge is 0.269 e. The molecule has 1 aliphatic rings. The monoisotopic (exact) mass is 221 g/mol. The fourth-order valence-electron chi connectivity index (χ4n) is 1.61. The van der Waals surface area contributed by atoms with Crippen LogP contribution < -0.4 is 15.5 Å². The third kappa shape index (κ3) is 2.09. The van der Waals surface area contributed by atoms with Gasteiger partial charge >= 0.3 is 0 Å². The van der Waals surface area contributed by atoms with E-state index in [9.17, 15) is 4.79 Å². The number of hydrogen-bond donors (Lipinski definition) is 2. The number of amides is 1. The lowest BCUT2D eigenvalue weighted by molar-refractivity contribution is 0.0852. The van der Waals surface area contributed by atoms with Crippen LogP contribution in [0.1, 0.15) is 10.4 Å². The number of ether oxygens (including phenoxy) is 1. The molecule has 0 saturated carbocycles. The van der Waals surface area contributed by atoms with Crippen molar-refractivity contribution < 1.29 is 9.53 Å². The van der Waals surface area contributed by atoms with Gasteiger partial charge in [-0.15, -0.1) is 0 Å². The zero-order valence-electron chi connectivity index (χ0n) is 9.41. The molecule has 1 aliphatic heterocycles. The van der Waals surface area contributed by atoms with E-state index in [0.29, 0.717) is 17.9 Å². The molecular weight excluding hydrogens is 206 g/mol. The Bertz CT molecular complexity index is 404. The highest BCUT2D eigenvalue weighted by atomic mass is 16.5. The maximum absolute atomic E-state index is 11.9. The van der Waals surface area contributed by atoms with Crippen molar-refractivity contribution >= 4 is 11.6 Å². The van der Waals surface area contributed by atoms with Gasteiger partial charge in [-0.3, -0.25) is 10.2 Å². The third-order valence-corrected chi connectivity index (χ3v) is 2.25. The molecule has 2 rings (SSSR count). The zero-order valence-corrected chi connectivity index (χ0v) is 9.41. The Hall–Kier alpha value is -1.75. The van der Waals surface area contributed by atoms with Gasteiger partial charge in [0.1, 0.15) is 6.61 Å².